The lowest BCUT2D eigenvalue weighted by molar-refractivity contribution is 0.0224. The monoisotopic (exact) mass is 539 g/mol. The number of methoxy groups -OCH3 is 1. The second-order valence-corrected chi connectivity index (χ2v) is 11.3. The standard InChI is InChI=1S/C24H30ClN3O7S/c1-24(2,3)35-23(30)28-15-17(27-36(31,32)21-12-16(25)10-11-20(21)33-4)13-18(28)14-26-22(29)34-19-8-6-5-7-9-19/h5-12,17-18,27H,13-15H2,1-4H3,(H,26,29)/t17-,18-/m1/s1. The van der Waals surface area contributed by atoms with Gasteiger partial charge in [-0.15, -0.1) is 0 Å². The molecule has 0 bridgehead atoms. The summed E-state index contributed by atoms with van der Waals surface area (Å²) in [6.07, 6.45) is -1.08. The van der Waals surface area contributed by atoms with Crippen LogP contribution in [0.1, 0.15) is 27.2 Å². The highest BCUT2D eigenvalue weighted by molar-refractivity contribution is 7.89. The Balaban J connectivity index is 1.73. The second-order valence-electron chi connectivity index (χ2n) is 9.22. The van der Waals surface area contributed by atoms with Gasteiger partial charge in [-0.25, -0.2) is 22.7 Å². The predicted octanol–water partition coefficient (Wildman–Crippen LogP) is 3.79. The minimum atomic E-state index is -4.04. The number of likely N-dealkylation sites (tertiary alicyclic amines) is 1. The molecular formula is C24H30ClN3O7S. The van der Waals surface area contributed by atoms with Gasteiger partial charge in [-0.3, -0.25) is 0 Å². The largest absolute Gasteiger partial charge is 0.495 e. The third-order valence-electron chi connectivity index (χ3n) is 5.22. The van der Waals surface area contributed by atoms with Crippen LogP contribution in [0.4, 0.5) is 9.59 Å². The van der Waals surface area contributed by atoms with E-state index in [1.807, 2.05) is 0 Å². The molecule has 2 N–H and O–H groups in total. The first-order valence-electron chi connectivity index (χ1n) is 11.2. The minimum absolute atomic E-state index is 0.0314. The molecule has 1 saturated heterocycles. The molecule has 0 unspecified atom stereocenters. The molecule has 0 aliphatic carbocycles. The molecular weight excluding hydrogens is 510 g/mol. The Labute approximate surface area is 215 Å². The number of hydrogen-bond acceptors (Lipinski definition) is 7. The molecule has 0 saturated carbocycles. The van der Waals surface area contributed by atoms with Crippen LogP contribution in [0.3, 0.4) is 0 Å². The van der Waals surface area contributed by atoms with Crippen molar-refractivity contribution in [2.24, 2.45) is 0 Å². The summed E-state index contributed by atoms with van der Waals surface area (Å²) in [4.78, 5) is 26.4. The first kappa shape index (κ1) is 27.6. The van der Waals surface area contributed by atoms with Crippen molar-refractivity contribution in [3.8, 4) is 11.5 Å². The zero-order chi connectivity index (χ0) is 26.5. The number of sulfonamides is 1. The van der Waals surface area contributed by atoms with Gasteiger partial charge >= 0.3 is 12.2 Å². The zero-order valence-electron chi connectivity index (χ0n) is 20.5. The Bertz CT molecular complexity index is 1190. The van der Waals surface area contributed by atoms with Crippen LogP contribution < -0.4 is 19.5 Å². The molecule has 1 aliphatic rings. The van der Waals surface area contributed by atoms with Crippen molar-refractivity contribution in [3.05, 3.63) is 53.6 Å². The minimum Gasteiger partial charge on any atom is -0.495 e. The smallest absolute Gasteiger partial charge is 0.412 e. The van der Waals surface area contributed by atoms with E-state index >= 15 is 0 Å². The Hall–Kier alpha value is -3.02. The molecule has 10 nitrogen and oxygen atoms in total. The summed E-state index contributed by atoms with van der Waals surface area (Å²) in [7, 11) is -2.68. The lowest BCUT2D eigenvalue weighted by atomic mass is 10.2. The number of hydrogen-bond donors (Lipinski definition) is 2. The molecule has 2 amide bonds. The molecule has 2 aromatic carbocycles. The van der Waals surface area contributed by atoms with Gasteiger partial charge in [0.15, 0.2) is 0 Å². The van der Waals surface area contributed by atoms with Gasteiger partial charge in [0.05, 0.1) is 13.2 Å². The number of nitrogens with one attached hydrogen (secondary N) is 2. The fourth-order valence-corrected chi connectivity index (χ4v) is 5.39. The number of ether oxygens (including phenoxy) is 3. The number of carbonyl (C=O) groups is 2. The number of amides is 2. The second kappa shape index (κ2) is 11.4. The van der Waals surface area contributed by atoms with E-state index < -0.39 is 39.9 Å². The maximum Gasteiger partial charge on any atom is 0.412 e. The highest BCUT2D eigenvalue weighted by Crippen LogP contribution is 2.29. The average molecular weight is 540 g/mol. The van der Waals surface area contributed by atoms with E-state index in [1.54, 1.807) is 51.1 Å². The van der Waals surface area contributed by atoms with E-state index in [9.17, 15) is 18.0 Å². The molecule has 0 aromatic heterocycles. The molecule has 12 heteroatoms. The summed E-state index contributed by atoms with van der Waals surface area (Å²) < 4.78 is 44.8. The van der Waals surface area contributed by atoms with E-state index in [4.69, 9.17) is 25.8 Å². The van der Waals surface area contributed by atoms with Gasteiger partial charge in [0.1, 0.15) is 22.0 Å². The fraction of sp³-hybridized carbons (Fsp3) is 0.417. The van der Waals surface area contributed by atoms with Crippen molar-refractivity contribution in [2.45, 2.75) is 49.8 Å². The van der Waals surface area contributed by atoms with Crippen LogP contribution in [0.15, 0.2) is 53.4 Å². The van der Waals surface area contributed by atoms with Gasteiger partial charge in [0, 0.05) is 24.2 Å². The van der Waals surface area contributed by atoms with E-state index in [1.165, 1.54) is 30.2 Å². The summed E-state index contributed by atoms with van der Waals surface area (Å²) >= 11 is 6.01. The fourth-order valence-electron chi connectivity index (χ4n) is 3.72. The van der Waals surface area contributed by atoms with E-state index in [-0.39, 0.29) is 35.2 Å². The van der Waals surface area contributed by atoms with Crippen molar-refractivity contribution in [2.75, 3.05) is 20.2 Å². The topological polar surface area (TPSA) is 123 Å². The summed E-state index contributed by atoms with van der Waals surface area (Å²) in [6.45, 7) is 5.27. The SMILES string of the molecule is COc1ccc(Cl)cc1S(=O)(=O)N[C@@H]1C[C@H](CNC(=O)Oc2ccccc2)N(C(=O)OC(C)(C)C)C1. The van der Waals surface area contributed by atoms with Crippen molar-refractivity contribution in [3.63, 3.8) is 0 Å². The Morgan fingerprint density at radius 2 is 1.83 bits per heavy atom. The Kier molecular flexibility index (Phi) is 8.70. The quantitative estimate of drug-likeness (QED) is 0.548. The summed E-state index contributed by atoms with van der Waals surface area (Å²) in [6, 6.07) is 11.6. The molecule has 1 aliphatic heterocycles. The summed E-state index contributed by atoms with van der Waals surface area (Å²) in [5, 5.41) is 2.87. The molecule has 196 valence electrons. The summed E-state index contributed by atoms with van der Waals surface area (Å²) in [5.74, 6) is 0.502. The third kappa shape index (κ3) is 7.49. The first-order valence-corrected chi connectivity index (χ1v) is 13.1. The molecule has 3 rings (SSSR count). The van der Waals surface area contributed by atoms with Crippen molar-refractivity contribution < 1.29 is 32.2 Å². The number of para-hydroxylation sites is 1. The zero-order valence-corrected chi connectivity index (χ0v) is 22.1. The van der Waals surface area contributed by atoms with Crippen LogP contribution in [-0.4, -0.2) is 63.4 Å². The van der Waals surface area contributed by atoms with Gasteiger partial charge in [-0.2, -0.15) is 0 Å². The van der Waals surface area contributed by atoms with Gasteiger partial charge in [0.2, 0.25) is 10.0 Å². The van der Waals surface area contributed by atoms with E-state index in [0.29, 0.717) is 5.75 Å². The van der Waals surface area contributed by atoms with Crippen LogP contribution in [0.2, 0.25) is 5.02 Å². The molecule has 2 atom stereocenters. The molecule has 1 heterocycles. The Morgan fingerprint density at radius 3 is 2.47 bits per heavy atom. The Morgan fingerprint density at radius 1 is 1.14 bits per heavy atom. The number of benzene rings is 2. The van der Waals surface area contributed by atoms with Crippen LogP contribution >= 0.6 is 11.6 Å². The van der Waals surface area contributed by atoms with Crippen LogP contribution in [0.5, 0.6) is 11.5 Å². The van der Waals surface area contributed by atoms with Crippen molar-refractivity contribution in [1.29, 1.82) is 0 Å². The van der Waals surface area contributed by atoms with E-state index in [2.05, 4.69) is 10.0 Å². The number of halogens is 1. The molecule has 0 radical (unpaired) electrons. The number of nitrogens with zero attached hydrogens (tertiary/aromatic N) is 1. The molecule has 1 fully saturated rings. The van der Waals surface area contributed by atoms with Gasteiger partial charge in [0.25, 0.3) is 0 Å². The van der Waals surface area contributed by atoms with Crippen LogP contribution in [0.25, 0.3) is 0 Å². The predicted molar refractivity (Wildman–Crippen MR) is 134 cm³/mol. The average Bonchev–Trinajstić information content (AvgIpc) is 3.19. The van der Waals surface area contributed by atoms with Gasteiger partial charge in [-0.05, 0) is 57.5 Å². The number of rotatable bonds is 7. The van der Waals surface area contributed by atoms with Crippen LogP contribution in [-0.2, 0) is 14.8 Å². The maximum absolute atomic E-state index is 13.1. The molecule has 0 spiro atoms. The van der Waals surface area contributed by atoms with E-state index in [0.717, 1.165) is 0 Å². The van der Waals surface area contributed by atoms with Gasteiger partial charge in [-0.1, -0.05) is 29.8 Å². The molecule has 36 heavy (non-hydrogen) atoms. The highest BCUT2D eigenvalue weighted by atomic mass is 35.5. The first-order chi connectivity index (χ1) is 16.9. The van der Waals surface area contributed by atoms with Gasteiger partial charge < -0.3 is 24.4 Å². The third-order valence-corrected chi connectivity index (χ3v) is 6.99. The number of carbonyl (C=O) groups excluding carboxylic acids is 2. The van der Waals surface area contributed by atoms with Crippen molar-refractivity contribution >= 4 is 33.8 Å². The van der Waals surface area contributed by atoms with Crippen molar-refractivity contribution in [1.82, 2.24) is 14.9 Å². The molecule has 2 aromatic rings. The summed E-state index contributed by atoms with van der Waals surface area (Å²) in [5.41, 5.74) is -0.757. The highest BCUT2D eigenvalue weighted by Gasteiger charge is 2.40. The normalized spacial score (nSPS) is 18.0. The van der Waals surface area contributed by atoms with Crippen LogP contribution in [0, 0.1) is 0 Å². The maximum atomic E-state index is 13.1. The lowest BCUT2D eigenvalue weighted by Crippen LogP contribution is -2.46. The lowest BCUT2D eigenvalue weighted by Gasteiger charge is -2.28.